The first-order valence-corrected chi connectivity index (χ1v) is 10.9. The van der Waals surface area contributed by atoms with Gasteiger partial charge in [-0.2, -0.15) is 5.10 Å². The van der Waals surface area contributed by atoms with E-state index in [1.165, 1.54) is 0 Å². The Morgan fingerprint density at radius 3 is 2.40 bits per heavy atom. The first-order valence-electron chi connectivity index (χ1n) is 10.1. The molecular formula is C22H32N6OS. The molecule has 1 aliphatic rings. The molecule has 7 nitrogen and oxygen atoms in total. The molecule has 0 bridgehead atoms. The van der Waals surface area contributed by atoms with E-state index in [0.717, 1.165) is 35.7 Å². The molecule has 0 unspecified atom stereocenters. The first kappa shape index (κ1) is 22.4. The van der Waals surface area contributed by atoms with Crippen molar-refractivity contribution in [1.29, 1.82) is 10.8 Å². The maximum absolute atomic E-state index is 8.63. The molecule has 0 aliphatic carbocycles. The Morgan fingerprint density at radius 1 is 1.17 bits per heavy atom. The smallest absolute Gasteiger partial charge is 0.162 e. The van der Waals surface area contributed by atoms with Gasteiger partial charge in [0.2, 0.25) is 0 Å². The molecule has 162 valence electrons. The van der Waals surface area contributed by atoms with Crippen molar-refractivity contribution in [1.82, 2.24) is 20.4 Å². The molecule has 2 heterocycles. The van der Waals surface area contributed by atoms with Crippen molar-refractivity contribution in [3.05, 3.63) is 36.2 Å². The molecule has 1 saturated heterocycles. The molecule has 1 aromatic heterocycles. The molecule has 3 rings (SSSR count). The number of aromatic amines is 1. The topological polar surface area (TPSA) is 101 Å². The number of aromatic nitrogens is 2. The Labute approximate surface area is 183 Å². The van der Waals surface area contributed by atoms with Crippen LogP contribution in [0.25, 0.3) is 11.1 Å². The Balaban J connectivity index is 1.73. The van der Waals surface area contributed by atoms with E-state index >= 15 is 0 Å². The van der Waals surface area contributed by atoms with Gasteiger partial charge in [0.15, 0.2) is 5.17 Å². The van der Waals surface area contributed by atoms with Crippen LogP contribution in [-0.2, 0) is 0 Å². The lowest BCUT2D eigenvalue weighted by atomic mass is 9.79. The van der Waals surface area contributed by atoms with Crippen LogP contribution in [-0.4, -0.2) is 56.6 Å². The van der Waals surface area contributed by atoms with Gasteiger partial charge in [-0.25, -0.2) is 0 Å². The summed E-state index contributed by atoms with van der Waals surface area (Å²) in [5, 5.41) is 28.4. The summed E-state index contributed by atoms with van der Waals surface area (Å²) in [6.45, 7) is 8.83. The Hall–Kier alpha value is -2.32. The van der Waals surface area contributed by atoms with Crippen molar-refractivity contribution >= 4 is 22.0 Å². The summed E-state index contributed by atoms with van der Waals surface area (Å²) in [6.07, 6.45) is 5.47. The predicted molar refractivity (Wildman–Crippen MR) is 125 cm³/mol. The van der Waals surface area contributed by atoms with Gasteiger partial charge in [0.25, 0.3) is 0 Å². The van der Waals surface area contributed by atoms with Crippen molar-refractivity contribution < 1.29 is 4.74 Å². The van der Waals surface area contributed by atoms with Gasteiger partial charge in [0.1, 0.15) is 10.8 Å². The maximum Gasteiger partial charge on any atom is 0.162 e. The highest BCUT2D eigenvalue weighted by Gasteiger charge is 2.39. The molecule has 0 radical (unpaired) electrons. The second-order valence-corrected chi connectivity index (χ2v) is 10.2. The van der Waals surface area contributed by atoms with E-state index in [4.69, 9.17) is 15.6 Å². The van der Waals surface area contributed by atoms with Crippen molar-refractivity contribution in [2.75, 3.05) is 14.2 Å². The number of methoxy groups -OCH3 is 1. The summed E-state index contributed by atoms with van der Waals surface area (Å²) in [5.74, 6) is 0.616. The van der Waals surface area contributed by atoms with Gasteiger partial charge in [-0.3, -0.25) is 15.9 Å². The van der Waals surface area contributed by atoms with E-state index in [0.29, 0.717) is 21.5 Å². The summed E-state index contributed by atoms with van der Waals surface area (Å²) in [7, 11) is 3.57. The van der Waals surface area contributed by atoms with Crippen LogP contribution in [0.15, 0.2) is 30.6 Å². The molecule has 8 heteroatoms. The summed E-state index contributed by atoms with van der Waals surface area (Å²) in [5.41, 5.74) is 2.62. The zero-order valence-electron chi connectivity index (χ0n) is 18.6. The summed E-state index contributed by atoms with van der Waals surface area (Å²) in [6, 6.07) is 5.97. The number of H-pyrrole nitrogens is 1. The Kier molecular flexibility index (Phi) is 6.29. The fourth-order valence-corrected chi connectivity index (χ4v) is 5.16. The quantitative estimate of drug-likeness (QED) is 0.429. The van der Waals surface area contributed by atoms with Crippen molar-refractivity contribution in [2.24, 2.45) is 0 Å². The molecule has 0 atom stereocenters. The molecule has 1 aliphatic heterocycles. The van der Waals surface area contributed by atoms with Crippen molar-refractivity contribution in [3.8, 4) is 16.9 Å². The summed E-state index contributed by atoms with van der Waals surface area (Å²) < 4.78 is 5.54. The zero-order valence-corrected chi connectivity index (χ0v) is 19.4. The average molecular weight is 429 g/mol. The molecular weight excluding hydrogens is 396 g/mol. The number of thioether (sulfide) groups is 1. The molecule has 0 amide bonds. The van der Waals surface area contributed by atoms with Gasteiger partial charge in [0.05, 0.1) is 13.3 Å². The van der Waals surface area contributed by atoms with E-state index in [1.54, 1.807) is 13.3 Å². The second-order valence-electron chi connectivity index (χ2n) is 9.20. The molecule has 0 saturated carbocycles. The molecule has 0 spiro atoms. The number of amidine groups is 1. The van der Waals surface area contributed by atoms with Crippen LogP contribution in [0.2, 0.25) is 0 Å². The summed E-state index contributed by atoms with van der Waals surface area (Å²) >= 11 is 1.16. The van der Waals surface area contributed by atoms with Gasteiger partial charge >= 0.3 is 0 Å². The number of piperidine rings is 1. The average Bonchev–Trinajstić information content (AvgIpc) is 3.19. The van der Waals surface area contributed by atoms with Crippen LogP contribution in [0.5, 0.6) is 5.75 Å². The maximum atomic E-state index is 8.63. The first-order chi connectivity index (χ1) is 14.0. The fourth-order valence-electron chi connectivity index (χ4n) is 4.40. The molecule has 1 fully saturated rings. The number of hydrogen-bond acceptors (Lipinski definition) is 6. The van der Waals surface area contributed by atoms with Gasteiger partial charge in [0, 0.05) is 41.5 Å². The Morgan fingerprint density at radius 2 is 1.83 bits per heavy atom. The van der Waals surface area contributed by atoms with E-state index in [2.05, 4.69) is 43.2 Å². The second kappa shape index (κ2) is 8.43. The Bertz CT molecular complexity index is 906. The van der Waals surface area contributed by atoms with Crippen LogP contribution in [0.3, 0.4) is 0 Å². The third kappa shape index (κ3) is 5.05. The standard InChI is InChI=1S/C22H32N6OS/c1-21(2)10-16(11-22(3,4)27-21)28(5)20(24)30-19(23)17-8-7-14(9-18(17)29-6)15-12-25-26-13-15/h7-9,12-13,16,23-24,27H,10-11H2,1-6H3,(H,25,26). The van der Waals surface area contributed by atoms with Crippen LogP contribution in [0.1, 0.15) is 46.1 Å². The predicted octanol–water partition coefficient (Wildman–Crippen LogP) is 4.32. The lowest BCUT2D eigenvalue weighted by Crippen LogP contribution is -2.62. The minimum atomic E-state index is 0.00523. The largest absolute Gasteiger partial charge is 0.496 e. The van der Waals surface area contributed by atoms with Gasteiger partial charge in [-0.1, -0.05) is 6.07 Å². The molecule has 1 aromatic carbocycles. The minimum Gasteiger partial charge on any atom is -0.496 e. The van der Waals surface area contributed by atoms with Crippen LogP contribution < -0.4 is 10.1 Å². The van der Waals surface area contributed by atoms with Crippen LogP contribution in [0.4, 0.5) is 0 Å². The molecule has 4 N–H and O–H groups in total. The third-order valence-corrected chi connectivity index (χ3v) is 6.42. The number of nitrogens with zero attached hydrogens (tertiary/aromatic N) is 2. The van der Waals surface area contributed by atoms with Crippen LogP contribution in [0, 0.1) is 10.8 Å². The van der Waals surface area contributed by atoms with E-state index in [9.17, 15) is 0 Å². The molecule has 30 heavy (non-hydrogen) atoms. The number of nitrogens with one attached hydrogen (secondary N) is 4. The highest BCUT2D eigenvalue weighted by atomic mass is 32.2. The zero-order chi connectivity index (χ0) is 22.1. The normalized spacial score (nSPS) is 18.1. The monoisotopic (exact) mass is 428 g/mol. The fraction of sp³-hybridized carbons (Fsp3) is 0.500. The number of rotatable bonds is 4. The minimum absolute atomic E-state index is 0.00523. The van der Waals surface area contributed by atoms with E-state index in [-0.39, 0.29) is 17.1 Å². The number of ether oxygens (including phenoxy) is 1. The van der Waals surface area contributed by atoms with Gasteiger partial charge in [-0.15, -0.1) is 0 Å². The van der Waals surface area contributed by atoms with Crippen molar-refractivity contribution in [2.45, 2.75) is 57.7 Å². The highest BCUT2D eigenvalue weighted by molar-refractivity contribution is 8.26. The van der Waals surface area contributed by atoms with Crippen molar-refractivity contribution in [3.63, 3.8) is 0 Å². The van der Waals surface area contributed by atoms with Gasteiger partial charge in [-0.05, 0) is 70.0 Å². The third-order valence-electron chi connectivity index (χ3n) is 5.51. The highest BCUT2D eigenvalue weighted by Crippen LogP contribution is 2.33. The number of benzene rings is 1. The lowest BCUT2D eigenvalue weighted by molar-refractivity contribution is 0.114. The van der Waals surface area contributed by atoms with Gasteiger partial charge < -0.3 is 15.0 Å². The SMILES string of the molecule is COc1cc(-c2cn[nH]c2)ccc1C(=N)SC(=N)N(C)C1CC(C)(C)NC(C)(C)C1. The van der Waals surface area contributed by atoms with Crippen LogP contribution >= 0.6 is 11.8 Å². The summed E-state index contributed by atoms with van der Waals surface area (Å²) in [4.78, 5) is 2.01. The number of hydrogen-bond donors (Lipinski definition) is 4. The van der Waals surface area contributed by atoms with E-state index < -0.39 is 0 Å². The lowest BCUT2D eigenvalue weighted by Gasteiger charge is -2.49. The van der Waals surface area contributed by atoms with E-state index in [1.807, 2.05) is 36.3 Å². The molecule has 2 aromatic rings.